The second kappa shape index (κ2) is 5.71. The number of aliphatic hydroxyl groups excluding tert-OH is 1. The van der Waals surface area contributed by atoms with Gasteiger partial charge >= 0.3 is 0 Å². The monoisotopic (exact) mass is 237 g/mol. The van der Waals surface area contributed by atoms with Crippen molar-refractivity contribution in [3.05, 3.63) is 30.3 Å². The van der Waals surface area contributed by atoms with E-state index in [9.17, 15) is 5.11 Å². The number of hydrogen-bond donors (Lipinski definition) is 2. The topological polar surface area (TPSA) is 32.3 Å². The van der Waals surface area contributed by atoms with Gasteiger partial charge in [-0.25, -0.2) is 0 Å². The van der Waals surface area contributed by atoms with Crippen LogP contribution < -0.4 is 5.32 Å². The molecule has 0 bridgehead atoms. The predicted octanol–water partition coefficient (Wildman–Crippen LogP) is 2.14. The Kier molecular flexibility index (Phi) is 4.27. The molecular weight excluding hydrogens is 218 g/mol. The lowest BCUT2D eigenvalue weighted by atomic mass is 9.85. The first-order valence-corrected chi connectivity index (χ1v) is 6.83. The molecule has 0 amide bonds. The molecular formula is C13H19NOS. The first kappa shape index (κ1) is 12.0. The molecule has 0 radical (unpaired) electrons. The highest BCUT2D eigenvalue weighted by Crippen LogP contribution is 2.31. The largest absolute Gasteiger partial charge is 0.396 e. The molecule has 1 atom stereocenters. The Bertz CT molecular complexity index is 309. The maximum Gasteiger partial charge on any atom is 0.0500 e. The zero-order valence-electron chi connectivity index (χ0n) is 9.48. The van der Waals surface area contributed by atoms with Crippen LogP contribution in [0.3, 0.4) is 0 Å². The van der Waals surface area contributed by atoms with Gasteiger partial charge in [-0.15, -0.1) is 11.8 Å². The molecule has 2 rings (SSSR count). The van der Waals surface area contributed by atoms with Crippen LogP contribution in [0.1, 0.15) is 12.8 Å². The molecule has 1 saturated heterocycles. The van der Waals surface area contributed by atoms with E-state index < -0.39 is 0 Å². The van der Waals surface area contributed by atoms with Crippen molar-refractivity contribution in [2.24, 2.45) is 5.41 Å². The summed E-state index contributed by atoms with van der Waals surface area (Å²) in [5.74, 6) is 1.09. The van der Waals surface area contributed by atoms with Gasteiger partial charge in [0.05, 0.1) is 0 Å². The fourth-order valence-corrected chi connectivity index (χ4v) is 3.25. The van der Waals surface area contributed by atoms with E-state index in [1.54, 1.807) is 0 Å². The summed E-state index contributed by atoms with van der Waals surface area (Å²) in [6.07, 6.45) is 2.20. The molecule has 1 aliphatic heterocycles. The van der Waals surface area contributed by atoms with E-state index in [2.05, 4.69) is 29.6 Å². The van der Waals surface area contributed by atoms with E-state index in [1.165, 1.54) is 4.90 Å². The molecule has 1 aromatic rings. The van der Waals surface area contributed by atoms with E-state index in [-0.39, 0.29) is 5.41 Å². The van der Waals surface area contributed by atoms with Gasteiger partial charge in [-0.05, 0) is 37.3 Å². The summed E-state index contributed by atoms with van der Waals surface area (Å²) in [4.78, 5) is 1.32. The summed E-state index contributed by atoms with van der Waals surface area (Å²) in [6, 6.07) is 10.5. The van der Waals surface area contributed by atoms with Crippen molar-refractivity contribution in [3.63, 3.8) is 0 Å². The minimum Gasteiger partial charge on any atom is -0.396 e. The van der Waals surface area contributed by atoms with Crippen molar-refractivity contribution in [3.8, 4) is 0 Å². The minimum absolute atomic E-state index is 0.141. The third kappa shape index (κ3) is 3.00. The van der Waals surface area contributed by atoms with Crippen LogP contribution in [-0.2, 0) is 0 Å². The smallest absolute Gasteiger partial charge is 0.0500 e. The van der Waals surface area contributed by atoms with Crippen LogP contribution in [-0.4, -0.2) is 30.6 Å². The first-order chi connectivity index (χ1) is 7.85. The van der Waals surface area contributed by atoms with Gasteiger partial charge in [0.2, 0.25) is 0 Å². The van der Waals surface area contributed by atoms with Gasteiger partial charge in [0.15, 0.2) is 0 Å². The van der Waals surface area contributed by atoms with Gasteiger partial charge in [-0.1, -0.05) is 18.2 Å². The Morgan fingerprint density at radius 2 is 2.12 bits per heavy atom. The summed E-state index contributed by atoms with van der Waals surface area (Å²) < 4.78 is 0. The Hall–Kier alpha value is -0.510. The fraction of sp³-hybridized carbons (Fsp3) is 0.538. The second-order valence-corrected chi connectivity index (χ2v) is 5.66. The Morgan fingerprint density at radius 3 is 2.75 bits per heavy atom. The van der Waals surface area contributed by atoms with Crippen molar-refractivity contribution >= 4 is 11.8 Å². The highest BCUT2D eigenvalue weighted by molar-refractivity contribution is 7.99. The number of aliphatic hydroxyl groups is 1. The molecule has 16 heavy (non-hydrogen) atoms. The summed E-state index contributed by atoms with van der Waals surface area (Å²) >= 11 is 1.88. The van der Waals surface area contributed by atoms with E-state index in [1.807, 2.05) is 17.8 Å². The van der Waals surface area contributed by atoms with Crippen molar-refractivity contribution in [1.29, 1.82) is 0 Å². The van der Waals surface area contributed by atoms with Crippen LogP contribution >= 0.6 is 11.8 Å². The molecule has 1 aliphatic rings. The number of rotatable bonds is 5. The summed E-state index contributed by atoms with van der Waals surface area (Å²) in [6.45, 7) is 2.34. The van der Waals surface area contributed by atoms with Gasteiger partial charge in [0.1, 0.15) is 0 Å². The average Bonchev–Trinajstić information content (AvgIpc) is 2.80. The summed E-state index contributed by atoms with van der Waals surface area (Å²) in [7, 11) is 0. The third-order valence-electron chi connectivity index (χ3n) is 3.31. The van der Waals surface area contributed by atoms with Crippen LogP contribution in [0.5, 0.6) is 0 Å². The molecule has 88 valence electrons. The Balaban J connectivity index is 1.79. The van der Waals surface area contributed by atoms with E-state index in [0.29, 0.717) is 6.61 Å². The van der Waals surface area contributed by atoms with Crippen molar-refractivity contribution in [1.82, 2.24) is 5.32 Å². The van der Waals surface area contributed by atoms with E-state index in [0.717, 1.165) is 31.7 Å². The summed E-state index contributed by atoms with van der Waals surface area (Å²) in [5, 5.41) is 12.8. The number of benzene rings is 1. The van der Waals surface area contributed by atoms with Gasteiger partial charge < -0.3 is 10.4 Å². The highest BCUT2D eigenvalue weighted by Gasteiger charge is 2.32. The maximum absolute atomic E-state index is 9.46. The van der Waals surface area contributed by atoms with Gasteiger partial charge in [-0.3, -0.25) is 0 Å². The van der Waals surface area contributed by atoms with Crippen molar-refractivity contribution in [2.45, 2.75) is 17.7 Å². The Morgan fingerprint density at radius 1 is 1.31 bits per heavy atom. The number of thioether (sulfide) groups is 1. The lowest BCUT2D eigenvalue weighted by Gasteiger charge is -2.25. The summed E-state index contributed by atoms with van der Waals surface area (Å²) in [5.41, 5.74) is 0.141. The molecule has 0 saturated carbocycles. The van der Waals surface area contributed by atoms with E-state index in [4.69, 9.17) is 0 Å². The lowest BCUT2D eigenvalue weighted by molar-refractivity contribution is 0.140. The van der Waals surface area contributed by atoms with Crippen LogP contribution in [0.25, 0.3) is 0 Å². The third-order valence-corrected chi connectivity index (χ3v) is 4.33. The number of hydrogen-bond acceptors (Lipinski definition) is 3. The number of nitrogens with one attached hydrogen (secondary N) is 1. The zero-order valence-corrected chi connectivity index (χ0v) is 10.3. The molecule has 1 aromatic carbocycles. The van der Waals surface area contributed by atoms with Crippen LogP contribution in [0, 0.1) is 5.41 Å². The molecule has 3 heteroatoms. The average molecular weight is 237 g/mol. The highest BCUT2D eigenvalue weighted by atomic mass is 32.2. The minimum atomic E-state index is 0.141. The molecule has 1 heterocycles. The van der Waals surface area contributed by atoms with Crippen LogP contribution in [0.15, 0.2) is 35.2 Å². The fourth-order valence-electron chi connectivity index (χ4n) is 2.13. The van der Waals surface area contributed by atoms with Crippen LogP contribution in [0.4, 0.5) is 0 Å². The zero-order chi connectivity index (χ0) is 11.3. The molecule has 0 aromatic heterocycles. The van der Waals surface area contributed by atoms with Crippen molar-refractivity contribution < 1.29 is 5.11 Å². The normalized spacial score (nSPS) is 24.8. The van der Waals surface area contributed by atoms with E-state index >= 15 is 0 Å². The van der Waals surface area contributed by atoms with Gasteiger partial charge in [-0.2, -0.15) is 0 Å². The van der Waals surface area contributed by atoms with Gasteiger partial charge in [0, 0.05) is 23.5 Å². The standard InChI is InChI=1S/C13H19NOS/c15-11-13(6-8-14-10-13)7-9-16-12-4-2-1-3-5-12/h1-5,14-15H,6-11H2. The molecule has 1 unspecified atom stereocenters. The second-order valence-electron chi connectivity index (χ2n) is 4.50. The lowest BCUT2D eigenvalue weighted by Crippen LogP contribution is -2.28. The molecule has 2 nitrogen and oxygen atoms in total. The SMILES string of the molecule is OCC1(CCSc2ccccc2)CCNC1. The predicted molar refractivity (Wildman–Crippen MR) is 68.8 cm³/mol. The van der Waals surface area contributed by atoms with Gasteiger partial charge in [0.25, 0.3) is 0 Å². The Labute approximate surface area is 101 Å². The maximum atomic E-state index is 9.46. The first-order valence-electron chi connectivity index (χ1n) is 5.84. The molecule has 0 spiro atoms. The molecule has 1 fully saturated rings. The quantitative estimate of drug-likeness (QED) is 0.770. The molecule has 2 N–H and O–H groups in total. The van der Waals surface area contributed by atoms with Crippen molar-refractivity contribution in [2.75, 3.05) is 25.4 Å². The molecule has 0 aliphatic carbocycles. The van der Waals surface area contributed by atoms with Crippen LogP contribution in [0.2, 0.25) is 0 Å².